The highest BCUT2D eigenvalue weighted by Gasteiger charge is 2.35. The molecule has 3 aromatic rings. The fraction of sp³-hybridized carbons (Fsp3) is 0.0667. The molecule has 0 N–H and O–H groups in total. The number of nitrogens with zero attached hydrogens (tertiary/aromatic N) is 2. The van der Waals surface area contributed by atoms with Gasteiger partial charge in [-0.1, -0.05) is 40.7 Å². The fourth-order valence-corrected chi connectivity index (χ4v) is 3.08. The first-order valence-corrected chi connectivity index (χ1v) is 8.04. The highest BCUT2D eigenvalue weighted by molar-refractivity contribution is 7.99. The summed E-state index contributed by atoms with van der Waals surface area (Å²) in [5, 5.41) is 0.0440. The Morgan fingerprint density at radius 3 is 2.58 bits per heavy atom. The summed E-state index contributed by atoms with van der Waals surface area (Å²) in [5.74, 6) is -1.42. The predicted molar refractivity (Wildman–Crippen MR) is 85.0 cm³/mol. The van der Waals surface area contributed by atoms with Gasteiger partial charge in [0.1, 0.15) is 5.82 Å². The lowest BCUT2D eigenvalue weighted by atomic mass is 10.2. The van der Waals surface area contributed by atoms with Crippen LogP contribution in [0.5, 0.6) is 0 Å². The molecule has 124 valence electrons. The molecule has 0 spiro atoms. The molecule has 0 fully saturated rings. The van der Waals surface area contributed by atoms with E-state index in [0.29, 0.717) is 10.5 Å². The average molecular weight is 391 g/mol. The average Bonchev–Trinajstić information content (AvgIpc) is 3.01. The van der Waals surface area contributed by atoms with Gasteiger partial charge in [0.25, 0.3) is 0 Å². The van der Waals surface area contributed by atoms with Crippen LogP contribution in [0.15, 0.2) is 56.8 Å². The van der Waals surface area contributed by atoms with Gasteiger partial charge in [0.05, 0.1) is 5.02 Å². The number of alkyl halides is 3. The van der Waals surface area contributed by atoms with Crippen molar-refractivity contribution in [1.29, 1.82) is 0 Å². The first-order chi connectivity index (χ1) is 11.3. The van der Waals surface area contributed by atoms with Gasteiger partial charge < -0.3 is 4.52 Å². The summed E-state index contributed by atoms with van der Waals surface area (Å²) < 4.78 is 43.4. The van der Waals surface area contributed by atoms with Gasteiger partial charge >= 0.3 is 11.3 Å². The summed E-state index contributed by atoms with van der Waals surface area (Å²) in [7, 11) is 0. The maximum Gasteiger partial charge on any atom is 0.400 e. The largest absolute Gasteiger partial charge is 0.400 e. The van der Waals surface area contributed by atoms with Crippen LogP contribution in [-0.4, -0.2) is 10.1 Å². The third-order valence-electron chi connectivity index (χ3n) is 2.88. The molecule has 0 bridgehead atoms. The number of rotatable bonds is 4. The van der Waals surface area contributed by atoms with E-state index in [1.165, 1.54) is 23.9 Å². The Hall–Kier alpha value is -1.70. The predicted octanol–water partition coefficient (Wildman–Crippen LogP) is 5.97. The van der Waals surface area contributed by atoms with E-state index in [2.05, 4.69) is 14.7 Å². The van der Waals surface area contributed by atoms with Gasteiger partial charge in [-0.25, -0.2) is 4.39 Å². The van der Waals surface area contributed by atoms with Crippen molar-refractivity contribution in [2.45, 2.75) is 15.2 Å². The topological polar surface area (TPSA) is 38.9 Å². The minimum Gasteiger partial charge on any atom is -0.331 e. The third kappa shape index (κ3) is 3.85. The Bertz CT molecular complexity index is 883. The van der Waals surface area contributed by atoms with Gasteiger partial charge in [-0.3, -0.25) is 0 Å². The van der Waals surface area contributed by atoms with E-state index in [1.54, 1.807) is 30.3 Å². The quantitative estimate of drug-likeness (QED) is 0.514. The molecule has 0 unspecified atom stereocenters. The van der Waals surface area contributed by atoms with Crippen LogP contribution in [0.4, 0.5) is 13.2 Å². The first kappa shape index (κ1) is 17.1. The van der Waals surface area contributed by atoms with E-state index in [4.69, 9.17) is 23.2 Å². The number of benzene rings is 2. The highest BCUT2D eigenvalue weighted by atomic mass is 35.5. The Labute approximate surface area is 148 Å². The molecule has 3 nitrogen and oxygen atoms in total. The van der Waals surface area contributed by atoms with Crippen LogP contribution >= 0.6 is 35.0 Å². The van der Waals surface area contributed by atoms with Crippen molar-refractivity contribution in [3.05, 3.63) is 59.2 Å². The molecule has 0 aliphatic rings. The molecular formula is C15H7Cl2F3N2OS. The minimum atomic E-state index is -3.72. The molecule has 0 saturated heterocycles. The summed E-state index contributed by atoms with van der Waals surface area (Å²) in [6.07, 6.45) is 0. The van der Waals surface area contributed by atoms with Crippen molar-refractivity contribution in [1.82, 2.24) is 10.1 Å². The Balaban J connectivity index is 1.88. The number of hydrogen-bond acceptors (Lipinski definition) is 4. The lowest BCUT2D eigenvalue weighted by molar-refractivity contribution is 0.0551. The molecular weight excluding hydrogens is 384 g/mol. The van der Waals surface area contributed by atoms with Crippen LogP contribution in [-0.2, 0) is 5.38 Å². The second kappa shape index (κ2) is 6.66. The van der Waals surface area contributed by atoms with Crippen molar-refractivity contribution >= 4 is 35.0 Å². The van der Waals surface area contributed by atoms with E-state index in [1.807, 2.05) is 0 Å². The lowest BCUT2D eigenvalue weighted by Gasteiger charge is -2.05. The molecule has 0 aliphatic heterocycles. The normalized spacial score (nSPS) is 11.7. The summed E-state index contributed by atoms with van der Waals surface area (Å²) in [5.41, 5.74) is 0.467. The van der Waals surface area contributed by atoms with Gasteiger partial charge in [-0.15, -0.1) is 0 Å². The lowest BCUT2D eigenvalue weighted by Crippen LogP contribution is -2.03. The van der Waals surface area contributed by atoms with Gasteiger partial charge in [0, 0.05) is 15.4 Å². The second-order valence-electron chi connectivity index (χ2n) is 4.63. The van der Waals surface area contributed by atoms with Crippen LogP contribution in [0.25, 0.3) is 11.4 Å². The van der Waals surface area contributed by atoms with Crippen molar-refractivity contribution in [2.24, 2.45) is 0 Å². The van der Waals surface area contributed by atoms with Crippen LogP contribution in [0.2, 0.25) is 5.02 Å². The van der Waals surface area contributed by atoms with Crippen molar-refractivity contribution in [3.8, 4) is 11.4 Å². The molecule has 0 atom stereocenters. The van der Waals surface area contributed by atoms with Gasteiger partial charge in [0.15, 0.2) is 0 Å². The summed E-state index contributed by atoms with van der Waals surface area (Å²) in [4.78, 5) is 4.97. The van der Waals surface area contributed by atoms with Crippen molar-refractivity contribution in [2.75, 3.05) is 0 Å². The zero-order valence-electron chi connectivity index (χ0n) is 11.6. The summed E-state index contributed by atoms with van der Waals surface area (Å²) in [6, 6.07) is 10.8. The molecule has 0 aliphatic carbocycles. The molecule has 3 rings (SSSR count). The maximum absolute atomic E-state index is 13.1. The highest BCUT2D eigenvalue weighted by Crippen LogP contribution is 2.36. The van der Waals surface area contributed by atoms with Crippen molar-refractivity contribution < 1.29 is 17.7 Å². The Morgan fingerprint density at radius 1 is 1.12 bits per heavy atom. The van der Waals surface area contributed by atoms with E-state index in [0.717, 1.165) is 4.90 Å². The molecule has 1 heterocycles. The summed E-state index contributed by atoms with van der Waals surface area (Å²) >= 11 is 12.1. The van der Waals surface area contributed by atoms with Gasteiger partial charge in [0.2, 0.25) is 5.82 Å². The fourth-order valence-electron chi connectivity index (χ4n) is 1.84. The number of hydrogen-bond donors (Lipinski definition) is 0. The van der Waals surface area contributed by atoms with Crippen molar-refractivity contribution in [3.63, 3.8) is 0 Å². The van der Waals surface area contributed by atoms with Gasteiger partial charge in [-0.2, -0.15) is 13.8 Å². The molecule has 9 heteroatoms. The van der Waals surface area contributed by atoms with E-state index in [9.17, 15) is 13.2 Å². The number of aromatic nitrogens is 2. The van der Waals surface area contributed by atoms with E-state index in [-0.39, 0.29) is 10.8 Å². The summed E-state index contributed by atoms with van der Waals surface area (Å²) in [6.45, 7) is 0. The first-order valence-electron chi connectivity index (χ1n) is 6.47. The molecule has 2 aromatic carbocycles. The smallest absolute Gasteiger partial charge is 0.331 e. The second-order valence-corrected chi connectivity index (χ2v) is 6.62. The van der Waals surface area contributed by atoms with Crippen LogP contribution in [0.3, 0.4) is 0 Å². The molecule has 0 radical (unpaired) electrons. The monoisotopic (exact) mass is 390 g/mol. The van der Waals surface area contributed by atoms with Gasteiger partial charge in [-0.05, 0) is 41.9 Å². The standard InChI is InChI=1S/C15H7Cl2F3N2OS/c16-11-7-9(18)4-5-12(11)24-10-3-1-2-8(6-10)13-21-14(23-22-13)15(17,19)20/h1-7H. The van der Waals surface area contributed by atoms with E-state index < -0.39 is 17.1 Å². The molecule has 24 heavy (non-hydrogen) atoms. The Morgan fingerprint density at radius 2 is 1.92 bits per heavy atom. The Kier molecular flexibility index (Phi) is 4.76. The van der Waals surface area contributed by atoms with Crippen LogP contribution < -0.4 is 0 Å². The number of halogens is 5. The van der Waals surface area contributed by atoms with Crippen LogP contribution in [0.1, 0.15) is 5.89 Å². The molecule has 0 amide bonds. The SMILES string of the molecule is Fc1ccc(Sc2cccc(-c3noc(C(F)(F)Cl)n3)c2)c(Cl)c1. The molecule has 1 aromatic heterocycles. The zero-order valence-corrected chi connectivity index (χ0v) is 14.0. The maximum atomic E-state index is 13.1. The third-order valence-corrected chi connectivity index (χ3v) is 4.53. The minimum absolute atomic E-state index is 0.0158. The van der Waals surface area contributed by atoms with Crippen LogP contribution in [0, 0.1) is 5.82 Å². The molecule has 0 saturated carbocycles. The van der Waals surface area contributed by atoms with E-state index >= 15 is 0 Å². The zero-order chi connectivity index (χ0) is 17.3.